The molecule has 0 aliphatic rings. The highest BCUT2D eigenvalue weighted by atomic mass is 19.1. The molecule has 0 unspecified atom stereocenters. The Morgan fingerprint density at radius 1 is 1.00 bits per heavy atom. The van der Waals surface area contributed by atoms with Crippen LogP contribution in [-0.4, -0.2) is 15.2 Å². The van der Waals surface area contributed by atoms with E-state index in [4.69, 9.17) is 4.42 Å². The van der Waals surface area contributed by atoms with Crippen LogP contribution in [0.3, 0.4) is 0 Å². The zero-order chi connectivity index (χ0) is 14.9. The summed E-state index contributed by atoms with van der Waals surface area (Å²) in [6.07, 6.45) is 0.482. The van der Waals surface area contributed by atoms with Crippen LogP contribution in [0.5, 0.6) is 0 Å². The Morgan fingerprint density at radius 2 is 1.82 bits per heavy atom. The smallest absolute Gasteiger partial charge is 0.250 e. The van der Waals surface area contributed by atoms with Crippen LogP contribution in [0.25, 0.3) is 22.4 Å². The van der Waals surface area contributed by atoms with Gasteiger partial charge in [0.2, 0.25) is 5.89 Å². The third-order valence-electron chi connectivity index (χ3n) is 3.50. The summed E-state index contributed by atoms with van der Waals surface area (Å²) in [5, 5.41) is 9.05. The van der Waals surface area contributed by atoms with E-state index in [9.17, 15) is 4.39 Å². The van der Waals surface area contributed by atoms with E-state index in [2.05, 4.69) is 15.2 Å². The van der Waals surface area contributed by atoms with Crippen molar-refractivity contribution in [1.82, 2.24) is 15.2 Å². The number of para-hydroxylation sites is 1. The highest BCUT2D eigenvalue weighted by molar-refractivity contribution is 5.80. The molecular weight excluding hydrogens is 281 g/mol. The SMILES string of the molecule is Fc1ccccc1-c1nnc(Cc2cc3ccccc3[nH]2)o1. The van der Waals surface area contributed by atoms with Gasteiger partial charge in [-0.05, 0) is 29.7 Å². The molecule has 4 nitrogen and oxygen atoms in total. The molecule has 5 heteroatoms. The van der Waals surface area contributed by atoms with E-state index < -0.39 is 0 Å². The van der Waals surface area contributed by atoms with Crippen molar-refractivity contribution in [2.75, 3.05) is 0 Å². The number of benzene rings is 2. The van der Waals surface area contributed by atoms with Crippen LogP contribution in [0.2, 0.25) is 0 Å². The van der Waals surface area contributed by atoms with E-state index in [-0.39, 0.29) is 11.7 Å². The Labute approximate surface area is 125 Å². The lowest BCUT2D eigenvalue weighted by molar-refractivity contribution is 0.511. The molecule has 0 amide bonds. The van der Waals surface area contributed by atoms with Gasteiger partial charge >= 0.3 is 0 Å². The Morgan fingerprint density at radius 3 is 2.68 bits per heavy atom. The molecule has 4 aromatic rings. The molecule has 0 fully saturated rings. The van der Waals surface area contributed by atoms with Gasteiger partial charge in [-0.1, -0.05) is 30.3 Å². The van der Waals surface area contributed by atoms with Gasteiger partial charge in [-0.3, -0.25) is 0 Å². The van der Waals surface area contributed by atoms with Crippen LogP contribution in [0.1, 0.15) is 11.6 Å². The van der Waals surface area contributed by atoms with E-state index in [1.807, 2.05) is 30.3 Å². The molecule has 2 heterocycles. The fraction of sp³-hybridized carbons (Fsp3) is 0.0588. The molecule has 1 N–H and O–H groups in total. The molecule has 0 aliphatic heterocycles. The quantitative estimate of drug-likeness (QED) is 0.622. The van der Waals surface area contributed by atoms with Crippen LogP contribution in [0.4, 0.5) is 4.39 Å². The third-order valence-corrected chi connectivity index (χ3v) is 3.50. The first-order chi connectivity index (χ1) is 10.8. The minimum atomic E-state index is -0.372. The van der Waals surface area contributed by atoms with Crippen molar-refractivity contribution >= 4 is 10.9 Å². The maximum Gasteiger partial charge on any atom is 0.250 e. The Balaban J connectivity index is 1.63. The number of hydrogen-bond donors (Lipinski definition) is 1. The van der Waals surface area contributed by atoms with Crippen molar-refractivity contribution in [1.29, 1.82) is 0 Å². The number of aromatic nitrogens is 3. The van der Waals surface area contributed by atoms with E-state index >= 15 is 0 Å². The zero-order valence-electron chi connectivity index (χ0n) is 11.6. The Bertz CT molecular complexity index is 909. The maximum absolute atomic E-state index is 13.7. The van der Waals surface area contributed by atoms with Crippen molar-refractivity contribution in [3.05, 3.63) is 72.0 Å². The Hall–Kier alpha value is -2.95. The molecule has 0 atom stereocenters. The summed E-state index contributed by atoms with van der Waals surface area (Å²) >= 11 is 0. The molecular formula is C17H12FN3O. The summed E-state index contributed by atoms with van der Waals surface area (Å²) in [6.45, 7) is 0. The number of rotatable bonds is 3. The summed E-state index contributed by atoms with van der Waals surface area (Å²) in [7, 11) is 0. The van der Waals surface area contributed by atoms with Crippen molar-refractivity contribution < 1.29 is 8.81 Å². The van der Waals surface area contributed by atoms with Gasteiger partial charge in [-0.25, -0.2) is 4.39 Å². The zero-order valence-corrected chi connectivity index (χ0v) is 11.6. The molecule has 0 spiro atoms. The van der Waals surface area contributed by atoms with Crippen LogP contribution in [0.15, 0.2) is 59.0 Å². The standard InChI is InChI=1S/C17H12FN3O/c18-14-7-3-2-6-13(14)17-21-20-16(22-17)10-12-9-11-5-1-4-8-15(11)19-12/h1-9,19H,10H2. The first-order valence-electron chi connectivity index (χ1n) is 6.93. The number of hydrogen-bond acceptors (Lipinski definition) is 3. The molecule has 2 aromatic heterocycles. The highest BCUT2D eigenvalue weighted by Gasteiger charge is 2.13. The van der Waals surface area contributed by atoms with Crippen LogP contribution < -0.4 is 0 Å². The topological polar surface area (TPSA) is 54.7 Å². The summed E-state index contributed by atoms with van der Waals surface area (Å²) in [5.74, 6) is 0.275. The summed E-state index contributed by atoms with van der Waals surface area (Å²) < 4.78 is 19.3. The monoisotopic (exact) mass is 293 g/mol. The first-order valence-corrected chi connectivity index (χ1v) is 6.93. The summed E-state index contributed by atoms with van der Waals surface area (Å²) in [4.78, 5) is 3.30. The maximum atomic E-state index is 13.7. The van der Waals surface area contributed by atoms with E-state index in [1.54, 1.807) is 18.2 Å². The number of aromatic amines is 1. The van der Waals surface area contributed by atoms with E-state index in [1.165, 1.54) is 6.07 Å². The lowest BCUT2D eigenvalue weighted by Crippen LogP contribution is -1.87. The molecule has 4 rings (SSSR count). The Kier molecular flexibility index (Phi) is 2.96. The van der Waals surface area contributed by atoms with E-state index in [0.717, 1.165) is 16.6 Å². The summed E-state index contributed by atoms with van der Waals surface area (Å²) in [6, 6.07) is 16.4. The van der Waals surface area contributed by atoms with E-state index in [0.29, 0.717) is 17.9 Å². The molecule has 0 aliphatic carbocycles. The number of halogens is 1. The predicted octanol–water partition coefficient (Wildman–Crippen LogP) is 3.95. The fourth-order valence-electron chi connectivity index (χ4n) is 2.46. The molecule has 108 valence electrons. The van der Waals surface area contributed by atoms with Crippen LogP contribution in [-0.2, 0) is 6.42 Å². The van der Waals surface area contributed by atoms with Crippen molar-refractivity contribution in [2.24, 2.45) is 0 Å². The average molecular weight is 293 g/mol. The minimum absolute atomic E-state index is 0.198. The number of nitrogens with one attached hydrogen (secondary N) is 1. The van der Waals surface area contributed by atoms with Gasteiger partial charge in [0.1, 0.15) is 5.82 Å². The normalized spacial score (nSPS) is 11.1. The number of H-pyrrole nitrogens is 1. The summed E-state index contributed by atoms with van der Waals surface area (Å²) in [5.41, 5.74) is 2.36. The van der Waals surface area contributed by atoms with Crippen molar-refractivity contribution in [3.8, 4) is 11.5 Å². The lowest BCUT2D eigenvalue weighted by Gasteiger charge is -1.95. The average Bonchev–Trinajstić information content (AvgIpc) is 3.14. The van der Waals surface area contributed by atoms with Crippen molar-refractivity contribution in [2.45, 2.75) is 6.42 Å². The second kappa shape index (κ2) is 5.11. The lowest BCUT2D eigenvalue weighted by atomic mass is 10.2. The largest absolute Gasteiger partial charge is 0.420 e. The van der Waals surface area contributed by atoms with Gasteiger partial charge in [0.25, 0.3) is 5.89 Å². The predicted molar refractivity (Wildman–Crippen MR) is 80.8 cm³/mol. The molecule has 0 saturated carbocycles. The number of fused-ring (bicyclic) bond motifs is 1. The second-order valence-corrected chi connectivity index (χ2v) is 5.04. The molecule has 2 aromatic carbocycles. The minimum Gasteiger partial charge on any atom is -0.420 e. The van der Waals surface area contributed by atoms with Crippen LogP contribution >= 0.6 is 0 Å². The second-order valence-electron chi connectivity index (χ2n) is 5.04. The van der Waals surface area contributed by atoms with Crippen molar-refractivity contribution in [3.63, 3.8) is 0 Å². The van der Waals surface area contributed by atoms with Crippen LogP contribution in [0, 0.1) is 5.82 Å². The highest BCUT2D eigenvalue weighted by Crippen LogP contribution is 2.22. The fourth-order valence-corrected chi connectivity index (χ4v) is 2.46. The molecule has 0 saturated heterocycles. The van der Waals surface area contributed by atoms with Gasteiger partial charge in [-0.2, -0.15) is 0 Å². The van der Waals surface area contributed by atoms with Gasteiger partial charge in [0.15, 0.2) is 0 Å². The van der Waals surface area contributed by atoms with Gasteiger partial charge in [-0.15, -0.1) is 10.2 Å². The third kappa shape index (κ3) is 2.26. The van der Waals surface area contributed by atoms with Gasteiger partial charge in [0.05, 0.1) is 12.0 Å². The molecule has 22 heavy (non-hydrogen) atoms. The molecule has 0 bridgehead atoms. The molecule has 0 radical (unpaired) electrons. The first kappa shape index (κ1) is 12.8. The number of nitrogens with zero attached hydrogens (tertiary/aromatic N) is 2. The van der Waals surface area contributed by atoms with Gasteiger partial charge < -0.3 is 9.40 Å². The van der Waals surface area contributed by atoms with Gasteiger partial charge in [0, 0.05) is 11.2 Å².